The van der Waals surface area contributed by atoms with E-state index in [0.717, 1.165) is 31.0 Å². The summed E-state index contributed by atoms with van der Waals surface area (Å²) in [5, 5.41) is 3.46. The summed E-state index contributed by atoms with van der Waals surface area (Å²) in [7, 11) is 0. The molecule has 102 valence electrons. The molecule has 0 fully saturated rings. The largest absolute Gasteiger partial charge is 0.381 e. The van der Waals surface area contributed by atoms with Crippen LogP contribution < -0.4 is 10.9 Å². The summed E-state index contributed by atoms with van der Waals surface area (Å²) < 4.78 is 1.78. The molecule has 1 aromatic rings. The first kappa shape index (κ1) is 14.8. The number of aromatic nitrogens is 1. The van der Waals surface area contributed by atoms with Crippen molar-refractivity contribution in [3.8, 4) is 0 Å². The minimum absolute atomic E-state index is 0.0808. The molecule has 0 saturated carbocycles. The third kappa shape index (κ3) is 4.94. The van der Waals surface area contributed by atoms with Gasteiger partial charge in [0.1, 0.15) is 0 Å². The van der Waals surface area contributed by atoms with E-state index in [4.69, 9.17) is 0 Å². The molecule has 0 aliphatic rings. The van der Waals surface area contributed by atoms with Gasteiger partial charge in [-0.1, -0.05) is 20.8 Å². The monoisotopic (exact) mass is 250 g/mol. The predicted molar refractivity (Wildman–Crippen MR) is 78.1 cm³/mol. The van der Waals surface area contributed by atoms with Crippen molar-refractivity contribution in [2.75, 3.05) is 5.32 Å². The van der Waals surface area contributed by atoms with Crippen molar-refractivity contribution >= 4 is 5.69 Å². The third-order valence-electron chi connectivity index (χ3n) is 3.04. The minimum Gasteiger partial charge on any atom is -0.381 e. The molecule has 1 heterocycles. The van der Waals surface area contributed by atoms with Crippen LogP contribution in [-0.2, 0) is 6.54 Å². The molecule has 18 heavy (non-hydrogen) atoms. The number of hydrogen-bond acceptors (Lipinski definition) is 2. The highest BCUT2D eigenvalue weighted by molar-refractivity contribution is 5.41. The van der Waals surface area contributed by atoms with E-state index in [-0.39, 0.29) is 5.56 Å². The van der Waals surface area contributed by atoms with E-state index >= 15 is 0 Å². The van der Waals surface area contributed by atoms with E-state index in [1.807, 2.05) is 12.3 Å². The van der Waals surface area contributed by atoms with Crippen LogP contribution in [0.3, 0.4) is 0 Å². The molecule has 1 rings (SSSR count). The molecule has 0 aliphatic heterocycles. The number of aryl methyl sites for hydroxylation is 1. The van der Waals surface area contributed by atoms with Gasteiger partial charge in [-0.15, -0.1) is 0 Å². The Morgan fingerprint density at radius 2 is 1.94 bits per heavy atom. The topological polar surface area (TPSA) is 34.0 Å². The Labute approximate surface area is 110 Å². The number of hydrogen-bond donors (Lipinski definition) is 1. The van der Waals surface area contributed by atoms with E-state index in [1.165, 1.54) is 6.42 Å². The van der Waals surface area contributed by atoms with Crippen molar-refractivity contribution in [1.29, 1.82) is 0 Å². The van der Waals surface area contributed by atoms with Crippen LogP contribution in [0.15, 0.2) is 23.1 Å². The fraction of sp³-hybridized carbons (Fsp3) is 0.667. The smallest absolute Gasteiger partial charge is 0.250 e. The minimum atomic E-state index is 0.0808. The maximum Gasteiger partial charge on any atom is 0.250 e. The second kappa shape index (κ2) is 7.24. The van der Waals surface area contributed by atoms with Gasteiger partial charge in [0.05, 0.1) is 5.69 Å². The predicted octanol–water partition coefficient (Wildman–Crippen LogP) is 3.49. The Balaban J connectivity index is 2.61. The maximum absolute atomic E-state index is 11.6. The van der Waals surface area contributed by atoms with Crippen LogP contribution in [0, 0.1) is 5.92 Å². The zero-order valence-electron chi connectivity index (χ0n) is 12.1. The molecule has 0 aromatic carbocycles. The van der Waals surface area contributed by atoms with Crippen LogP contribution >= 0.6 is 0 Å². The zero-order valence-corrected chi connectivity index (χ0v) is 12.1. The van der Waals surface area contributed by atoms with E-state index in [2.05, 4.69) is 33.0 Å². The summed E-state index contributed by atoms with van der Waals surface area (Å²) in [6, 6.07) is 3.97. The average molecular weight is 250 g/mol. The van der Waals surface area contributed by atoms with Crippen LogP contribution in [-0.4, -0.2) is 10.6 Å². The first-order valence-electron chi connectivity index (χ1n) is 7.00. The molecule has 0 bridgehead atoms. The molecular formula is C15H26N2O. The average Bonchev–Trinajstić information content (AvgIpc) is 2.31. The van der Waals surface area contributed by atoms with Gasteiger partial charge in [-0.3, -0.25) is 4.79 Å². The van der Waals surface area contributed by atoms with Crippen LogP contribution in [0.25, 0.3) is 0 Å². The first-order valence-corrected chi connectivity index (χ1v) is 7.00. The Morgan fingerprint density at radius 3 is 2.56 bits per heavy atom. The van der Waals surface area contributed by atoms with Crippen molar-refractivity contribution < 1.29 is 0 Å². The number of pyridine rings is 1. The Morgan fingerprint density at radius 1 is 1.22 bits per heavy atom. The van der Waals surface area contributed by atoms with Gasteiger partial charge >= 0.3 is 0 Å². The van der Waals surface area contributed by atoms with Gasteiger partial charge in [0.2, 0.25) is 0 Å². The Bertz CT molecular complexity index is 409. The molecule has 3 heteroatoms. The number of anilines is 1. The van der Waals surface area contributed by atoms with Gasteiger partial charge in [-0.05, 0) is 38.2 Å². The summed E-state index contributed by atoms with van der Waals surface area (Å²) >= 11 is 0. The maximum atomic E-state index is 11.6. The summed E-state index contributed by atoms with van der Waals surface area (Å²) in [5.41, 5.74) is 1.12. The van der Waals surface area contributed by atoms with E-state index < -0.39 is 0 Å². The summed E-state index contributed by atoms with van der Waals surface area (Å²) in [6.45, 7) is 9.55. The molecule has 0 aliphatic carbocycles. The van der Waals surface area contributed by atoms with Crippen molar-refractivity contribution in [1.82, 2.24) is 4.57 Å². The van der Waals surface area contributed by atoms with Crippen molar-refractivity contribution in [2.24, 2.45) is 5.92 Å². The standard InChI is InChI=1S/C15H26N2O/c1-5-10-17-11-14(8-9-15(17)18)16-13(4)7-6-12(2)3/h8-9,11-13,16H,5-7,10H2,1-4H3. The molecule has 1 aromatic heterocycles. The SMILES string of the molecule is CCCn1cc(NC(C)CCC(C)C)ccc1=O. The number of nitrogens with zero attached hydrogens (tertiary/aromatic N) is 1. The first-order chi connectivity index (χ1) is 8.52. The van der Waals surface area contributed by atoms with Crippen molar-refractivity contribution in [3.05, 3.63) is 28.7 Å². The molecule has 1 atom stereocenters. The Kier molecular flexibility index (Phi) is 5.96. The van der Waals surface area contributed by atoms with E-state index in [9.17, 15) is 4.79 Å². The zero-order chi connectivity index (χ0) is 13.5. The highest BCUT2D eigenvalue weighted by Crippen LogP contribution is 2.12. The van der Waals surface area contributed by atoms with Crippen LogP contribution in [0.5, 0.6) is 0 Å². The molecule has 0 saturated heterocycles. The molecule has 1 N–H and O–H groups in total. The van der Waals surface area contributed by atoms with E-state index in [0.29, 0.717) is 6.04 Å². The van der Waals surface area contributed by atoms with Gasteiger partial charge in [-0.2, -0.15) is 0 Å². The number of rotatable bonds is 7. The van der Waals surface area contributed by atoms with Crippen molar-refractivity contribution in [3.63, 3.8) is 0 Å². The van der Waals surface area contributed by atoms with Gasteiger partial charge in [-0.25, -0.2) is 0 Å². The van der Waals surface area contributed by atoms with Crippen LogP contribution in [0.1, 0.15) is 47.0 Å². The molecule has 3 nitrogen and oxygen atoms in total. The second-order valence-corrected chi connectivity index (χ2v) is 5.47. The summed E-state index contributed by atoms with van der Waals surface area (Å²) in [4.78, 5) is 11.6. The lowest BCUT2D eigenvalue weighted by Gasteiger charge is -2.17. The quantitative estimate of drug-likeness (QED) is 0.803. The molecular weight excluding hydrogens is 224 g/mol. The molecule has 0 amide bonds. The van der Waals surface area contributed by atoms with Crippen molar-refractivity contribution in [2.45, 2.75) is 59.5 Å². The lowest BCUT2D eigenvalue weighted by atomic mass is 10.0. The van der Waals surface area contributed by atoms with Crippen LogP contribution in [0.4, 0.5) is 5.69 Å². The fourth-order valence-corrected chi connectivity index (χ4v) is 1.97. The van der Waals surface area contributed by atoms with Crippen LogP contribution in [0.2, 0.25) is 0 Å². The molecule has 0 radical (unpaired) electrons. The summed E-state index contributed by atoms with van der Waals surface area (Å²) in [6.07, 6.45) is 5.29. The normalized spacial score (nSPS) is 12.7. The lowest BCUT2D eigenvalue weighted by Crippen LogP contribution is -2.21. The summed E-state index contributed by atoms with van der Waals surface area (Å²) in [5.74, 6) is 0.739. The highest BCUT2D eigenvalue weighted by atomic mass is 16.1. The highest BCUT2D eigenvalue weighted by Gasteiger charge is 2.05. The number of nitrogens with one attached hydrogen (secondary N) is 1. The third-order valence-corrected chi connectivity index (χ3v) is 3.04. The fourth-order valence-electron chi connectivity index (χ4n) is 1.97. The molecule has 0 spiro atoms. The lowest BCUT2D eigenvalue weighted by molar-refractivity contribution is 0.527. The Hall–Kier alpha value is -1.25. The van der Waals surface area contributed by atoms with E-state index in [1.54, 1.807) is 10.6 Å². The van der Waals surface area contributed by atoms with Gasteiger partial charge in [0.25, 0.3) is 5.56 Å². The molecule has 1 unspecified atom stereocenters. The second-order valence-electron chi connectivity index (χ2n) is 5.47. The van der Waals surface area contributed by atoms with Gasteiger partial charge in [0.15, 0.2) is 0 Å². The van der Waals surface area contributed by atoms with Gasteiger partial charge < -0.3 is 9.88 Å². The van der Waals surface area contributed by atoms with Gasteiger partial charge in [0, 0.05) is 24.8 Å².